The summed E-state index contributed by atoms with van der Waals surface area (Å²) < 4.78 is 5.02. The molecule has 0 aliphatic carbocycles. The summed E-state index contributed by atoms with van der Waals surface area (Å²) in [7, 11) is 0. The summed E-state index contributed by atoms with van der Waals surface area (Å²) in [5.41, 5.74) is 1.79. The topological polar surface area (TPSA) is 29.5 Å². The van der Waals surface area contributed by atoms with Crippen LogP contribution in [0.15, 0.2) is 54.6 Å². The van der Waals surface area contributed by atoms with Gasteiger partial charge in [0.2, 0.25) is 0 Å². The summed E-state index contributed by atoms with van der Waals surface area (Å²) in [6.45, 7) is 2.37. The van der Waals surface area contributed by atoms with Crippen molar-refractivity contribution >= 4 is 17.3 Å². The second-order valence-electron chi connectivity index (χ2n) is 3.97. The van der Waals surface area contributed by atoms with Crippen molar-refractivity contribution in [3.05, 3.63) is 60.7 Å². The van der Waals surface area contributed by atoms with E-state index in [1.54, 1.807) is 6.92 Å². The van der Waals surface area contributed by atoms with Crippen LogP contribution in [0.25, 0.3) is 0 Å². The zero-order chi connectivity index (χ0) is 13.5. The highest BCUT2D eigenvalue weighted by Crippen LogP contribution is 2.23. The summed E-state index contributed by atoms with van der Waals surface area (Å²) in [4.78, 5) is 13.6. The number of benzene rings is 2. The number of hydrogen-bond acceptors (Lipinski definition) is 3. The van der Waals surface area contributed by atoms with E-state index in [1.807, 2.05) is 59.5 Å². The number of carbonyl (C=O) groups is 1. The first-order valence-corrected chi connectivity index (χ1v) is 6.26. The number of hydrogen-bond donors (Lipinski definition) is 0. The molecule has 97 valence electrons. The van der Waals surface area contributed by atoms with Crippen molar-refractivity contribution in [3.8, 4) is 0 Å². The van der Waals surface area contributed by atoms with Crippen molar-refractivity contribution in [2.45, 2.75) is 6.92 Å². The van der Waals surface area contributed by atoms with Gasteiger partial charge in [-0.3, -0.25) is 4.79 Å². The van der Waals surface area contributed by atoms with Crippen LogP contribution in [-0.4, -0.2) is 19.1 Å². The van der Waals surface area contributed by atoms with E-state index in [1.165, 1.54) is 0 Å². The molecule has 0 heterocycles. The van der Waals surface area contributed by atoms with Crippen LogP contribution in [0.4, 0.5) is 11.4 Å². The van der Waals surface area contributed by atoms with Crippen LogP contribution >= 0.6 is 0 Å². The van der Waals surface area contributed by atoms with Crippen LogP contribution in [0, 0.1) is 6.07 Å². The highest BCUT2D eigenvalue weighted by molar-refractivity contribution is 5.79. The van der Waals surface area contributed by atoms with Crippen molar-refractivity contribution < 1.29 is 9.53 Å². The lowest BCUT2D eigenvalue weighted by atomic mass is 10.2. The molecule has 2 aromatic carbocycles. The minimum Gasteiger partial charge on any atom is -0.465 e. The second-order valence-corrected chi connectivity index (χ2v) is 3.97. The molecule has 3 nitrogen and oxygen atoms in total. The van der Waals surface area contributed by atoms with Gasteiger partial charge in [0.15, 0.2) is 0 Å². The Balaban J connectivity index is 2.26. The molecule has 0 aromatic heterocycles. The summed E-state index contributed by atoms with van der Waals surface area (Å²) in [5.74, 6) is -0.247. The molecule has 2 rings (SSSR count). The normalized spacial score (nSPS) is 9.95. The van der Waals surface area contributed by atoms with E-state index < -0.39 is 0 Å². The summed E-state index contributed by atoms with van der Waals surface area (Å²) in [6.07, 6.45) is 0. The van der Waals surface area contributed by atoms with Crippen LogP contribution in [-0.2, 0) is 9.53 Å². The van der Waals surface area contributed by atoms with Gasteiger partial charge in [0, 0.05) is 17.4 Å². The molecule has 0 amide bonds. The van der Waals surface area contributed by atoms with E-state index in [-0.39, 0.29) is 12.5 Å². The van der Waals surface area contributed by atoms with E-state index in [0.717, 1.165) is 11.4 Å². The number of nitrogens with zero attached hydrogens (tertiary/aromatic N) is 1. The van der Waals surface area contributed by atoms with Crippen molar-refractivity contribution in [3.63, 3.8) is 0 Å². The van der Waals surface area contributed by atoms with Gasteiger partial charge in [-0.2, -0.15) is 0 Å². The van der Waals surface area contributed by atoms with Crippen molar-refractivity contribution in [1.82, 2.24) is 0 Å². The number of rotatable bonds is 5. The number of ether oxygens (including phenoxy) is 1. The van der Waals surface area contributed by atoms with E-state index in [9.17, 15) is 4.79 Å². The zero-order valence-electron chi connectivity index (χ0n) is 10.9. The molecule has 0 bridgehead atoms. The van der Waals surface area contributed by atoms with Crippen LogP contribution in [0.2, 0.25) is 0 Å². The minimum atomic E-state index is -0.247. The van der Waals surface area contributed by atoms with E-state index in [0.29, 0.717) is 6.61 Å². The molecule has 0 saturated heterocycles. The van der Waals surface area contributed by atoms with E-state index in [2.05, 4.69) is 6.07 Å². The molecule has 0 N–H and O–H groups in total. The Morgan fingerprint density at radius 1 is 1.16 bits per heavy atom. The molecule has 1 radical (unpaired) electrons. The van der Waals surface area contributed by atoms with Gasteiger partial charge >= 0.3 is 5.97 Å². The maximum atomic E-state index is 11.7. The molecular formula is C16H16NO2. The van der Waals surface area contributed by atoms with Gasteiger partial charge < -0.3 is 9.64 Å². The average molecular weight is 254 g/mol. The molecule has 2 aromatic rings. The third-order valence-electron chi connectivity index (χ3n) is 2.64. The number of anilines is 2. The summed E-state index contributed by atoms with van der Waals surface area (Å²) in [5, 5.41) is 0. The highest BCUT2D eigenvalue weighted by atomic mass is 16.5. The molecule has 3 heteroatoms. The predicted octanol–water partition coefficient (Wildman–Crippen LogP) is 3.19. The van der Waals surface area contributed by atoms with Crippen LogP contribution < -0.4 is 4.90 Å². The fraction of sp³-hybridized carbons (Fsp3) is 0.188. The fourth-order valence-electron chi connectivity index (χ4n) is 1.81. The Morgan fingerprint density at radius 2 is 1.89 bits per heavy atom. The molecular weight excluding hydrogens is 238 g/mol. The Hall–Kier alpha value is -2.29. The lowest BCUT2D eigenvalue weighted by Crippen LogP contribution is -2.26. The predicted molar refractivity (Wildman–Crippen MR) is 75.4 cm³/mol. The van der Waals surface area contributed by atoms with Crippen molar-refractivity contribution in [1.29, 1.82) is 0 Å². The molecule has 0 spiro atoms. The SMILES string of the molecule is CCOC(=O)CN(c1[c]cccc1)c1ccccc1. The van der Waals surface area contributed by atoms with Gasteiger partial charge in [0.05, 0.1) is 6.61 Å². The maximum absolute atomic E-state index is 11.7. The zero-order valence-corrected chi connectivity index (χ0v) is 10.9. The van der Waals surface area contributed by atoms with Crippen LogP contribution in [0.3, 0.4) is 0 Å². The second kappa shape index (κ2) is 6.59. The van der Waals surface area contributed by atoms with Gasteiger partial charge in [-0.15, -0.1) is 0 Å². The first-order valence-electron chi connectivity index (χ1n) is 6.26. The minimum absolute atomic E-state index is 0.179. The molecule has 0 atom stereocenters. The Kier molecular flexibility index (Phi) is 4.56. The fourth-order valence-corrected chi connectivity index (χ4v) is 1.81. The van der Waals surface area contributed by atoms with Crippen molar-refractivity contribution in [2.24, 2.45) is 0 Å². The third-order valence-corrected chi connectivity index (χ3v) is 2.64. The largest absolute Gasteiger partial charge is 0.465 e. The smallest absolute Gasteiger partial charge is 0.325 e. The average Bonchev–Trinajstić information content (AvgIpc) is 2.47. The summed E-state index contributed by atoms with van der Waals surface area (Å²) in [6, 6.07) is 20.5. The highest BCUT2D eigenvalue weighted by Gasteiger charge is 2.14. The van der Waals surface area contributed by atoms with Gasteiger partial charge in [-0.25, -0.2) is 0 Å². The van der Waals surface area contributed by atoms with Gasteiger partial charge in [0.1, 0.15) is 6.54 Å². The molecule has 19 heavy (non-hydrogen) atoms. The van der Waals surface area contributed by atoms with E-state index in [4.69, 9.17) is 4.74 Å². The van der Waals surface area contributed by atoms with Gasteiger partial charge in [0.25, 0.3) is 0 Å². The monoisotopic (exact) mass is 254 g/mol. The Labute approximate surface area is 113 Å². The molecule has 0 unspecified atom stereocenters. The Bertz CT molecular complexity index is 471. The van der Waals surface area contributed by atoms with Gasteiger partial charge in [-0.1, -0.05) is 36.4 Å². The maximum Gasteiger partial charge on any atom is 0.325 e. The van der Waals surface area contributed by atoms with Gasteiger partial charge in [-0.05, 0) is 25.1 Å². The summed E-state index contributed by atoms with van der Waals surface area (Å²) >= 11 is 0. The number of esters is 1. The van der Waals surface area contributed by atoms with Crippen molar-refractivity contribution in [2.75, 3.05) is 18.1 Å². The quantitative estimate of drug-likeness (QED) is 0.767. The van der Waals surface area contributed by atoms with Crippen LogP contribution in [0.1, 0.15) is 6.92 Å². The lowest BCUT2D eigenvalue weighted by molar-refractivity contribution is -0.141. The Morgan fingerprint density at radius 3 is 2.53 bits per heavy atom. The third kappa shape index (κ3) is 3.58. The number of para-hydroxylation sites is 2. The first-order chi connectivity index (χ1) is 9.31. The lowest BCUT2D eigenvalue weighted by Gasteiger charge is -2.23. The molecule has 0 saturated carbocycles. The molecule has 0 fully saturated rings. The molecule has 0 aliphatic heterocycles. The molecule has 0 aliphatic rings. The number of carbonyl (C=O) groups excluding carboxylic acids is 1. The van der Waals surface area contributed by atoms with E-state index >= 15 is 0 Å². The first kappa shape index (κ1) is 13.1. The standard InChI is InChI=1S/C16H16NO2/c1-2-19-16(18)13-17(14-9-5-3-6-10-14)15-11-7-4-8-12-15/h3-11H,2,13H2,1H3. The van der Waals surface area contributed by atoms with Crippen LogP contribution in [0.5, 0.6) is 0 Å².